The summed E-state index contributed by atoms with van der Waals surface area (Å²) >= 11 is 5.73. The van der Waals surface area contributed by atoms with E-state index in [9.17, 15) is 4.79 Å². The zero-order valence-electron chi connectivity index (χ0n) is 10.3. The Morgan fingerprint density at radius 1 is 1.44 bits per heavy atom. The molecular weight excluding hydrogens is 254 g/mol. The first-order valence-electron chi connectivity index (χ1n) is 5.72. The molecule has 2 aromatic rings. The van der Waals surface area contributed by atoms with Crippen LogP contribution in [0.2, 0.25) is 5.15 Å². The molecule has 0 N–H and O–H groups in total. The van der Waals surface area contributed by atoms with Gasteiger partial charge in [-0.2, -0.15) is 5.10 Å². The molecule has 2 rings (SSSR count). The maximum atomic E-state index is 11.8. The van der Waals surface area contributed by atoms with E-state index in [-0.39, 0.29) is 10.7 Å². The van der Waals surface area contributed by atoms with Gasteiger partial charge in [0.25, 0.3) is 5.56 Å². The van der Waals surface area contributed by atoms with Crippen LogP contribution in [0, 0.1) is 6.92 Å². The Balaban J connectivity index is 2.34. The molecule has 0 aliphatic heterocycles. The Morgan fingerprint density at radius 3 is 2.89 bits per heavy atom. The summed E-state index contributed by atoms with van der Waals surface area (Å²) in [5.74, 6) is 1.31. The molecule has 0 aliphatic carbocycles. The van der Waals surface area contributed by atoms with Crippen molar-refractivity contribution in [2.75, 3.05) is 0 Å². The van der Waals surface area contributed by atoms with Crippen LogP contribution in [0.3, 0.4) is 0 Å². The Kier molecular flexibility index (Phi) is 3.76. The van der Waals surface area contributed by atoms with Gasteiger partial charge in [0.05, 0.1) is 6.54 Å². The third kappa shape index (κ3) is 2.59. The molecule has 0 spiro atoms. The van der Waals surface area contributed by atoms with Crippen LogP contribution in [0.4, 0.5) is 0 Å². The van der Waals surface area contributed by atoms with E-state index < -0.39 is 0 Å². The molecule has 18 heavy (non-hydrogen) atoms. The predicted molar refractivity (Wildman–Crippen MR) is 67.7 cm³/mol. The predicted octanol–water partition coefficient (Wildman–Crippen LogP) is 1.25. The van der Waals surface area contributed by atoms with Crippen LogP contribution in [-0.2, 0) is 13.1 Å². The minimum atomic E-state index is -0.182. The van der Waals surface area contributed by atoms with Crippen molar-refractivity contribution in [1.29, 1.82) is 0 Å². The van der Waals surface area contributed by atoms with E-state index in [1.807, 2.05) is 0 Å². The minimum Gasteiger partial charge on any atom is -0.289 e. The van der Waals surface area contributed by atoms with Gasteiger partial charge in [-0.15, -0.1) is 0 Å². The molecular formula is C11H14ClN5O. The second-order valence-corrected chi connectivity index (χ2v) is 4.34. The Bertz CT molecular complexity index is 604. The van der Waals surface area contributed by atoms with Crippen LogP contribution in [0.1, 0.15) is 25.0 Å². The first-order valence-corrected chi connectivity index (χ1v) is 6.10. The summed E-state index contributed by atoms with van der Waals surface area (Å²) in [6.45, 7) is 4.94. The summed E-state index contributed by atoms with van der Waals surface area (Å²) in [5, 5.41) is 4.33. The van der Waals surface area contributed by atoms with Crippen molar-refractivity contribution in [3.05, 3.63) is 39.5 Å². The maximum absolute atomic E-state index is 11.8. The third-order valence-corrected chi connectivity index (χ3v) is 2.79. The van der Waals surface area contributed by atoms with Gasteiger partial charge in [-0.1, -0.05) is 18.5 Å². The first kappa shape index (κ1) is 12.8. The number of hydrogen-bond donors (Lipinski definition) is 0. The fourth-order valence-corrected chi connectivity index (χ4v) is 1.95. The molecule has 2 aromatic heterocycles. The standard InChI is InChI=1S/C11H14ClN5O/c1-3-4-17-10(13-7-14-17)6-16-8(2)15-9(12)5-11(16)18/h5,7H,3-4,6H2,1-2H3. The highest BCUT2D eigenvalue weighted by Gasteiger charge is 2.09. The summed E-state index contributed by atoms with van der Waals surface area (Å²) in [4.78, 5) is 20.1. The van der Waals surface area contributed by atoms with Crippen molar-refractivity contribution in [3.63, 3.8) is 0 Å². The van der Waals surface area contributed by atoms with E-state index in [2.05, 4.69) is 22.0 Å². The smallest absolute Gasteiger partial charge is 0.255 e. The lowest BCUT2D eigenvalue weighted by Crippen LogP contribution is -2.25. The molecule has 0 saturated heterocycles. The molecule has 2 heterocycles. The summed E-state index contributed by atoms with van der Waals surface area (Å²) in [6.07, 6.45) is 2.46. The molecule has 0 aromatic carbocycles. The number of halogens is 1. The molecule has 0 saturated carbocycles. The van der Waals surface area contributed by atoms with Crippen molar-refractivity contribution in [2.45, 2.75) is 33.4 Å². The Morgan fingerprint density at radius 2 is 2.22 bits per heavy atom. The average molecular weight is 268 g/mol. The third-order valence-electron chi connectivity index (χ3n) is 2.60. The van der Waals surface area contributed by atoms with E-state index in [1.54, 1.807) is 11.6 Å². The van der Waals surface area contributed by atoms with Crippen LogP contribution in [-0.4, -0.2) is 24.3 Å². The summed E-state index contributed by atoms with van der Waals surface area (Å²) in [7, 11) is 0. The fourth-order valence-electron chi connectivity index (χ4n) is 1.73. The number of aryl methyl sites for hydroxylation is 2. The van der Waals surface area contributed by atoms with Crippen LogP contribution >= 0.6 is 11.6 Å². The minimum absolute atomic E-state index is 0.182. The van der Waals surface area contributed by atoms with Gasteiger partial charge in [0.15, 0.2) is 0 Å². The van der Waals surface area contributed by atoms with Gasteiger partial charge in [-0.3, -0.25) is 9.36 Å². The van der Waals surface area contributed by atoms with Crippen molar-refractivity contribution in [2.24, 2.45) is 0 Å². The lowest BCUT2D eigenvalue weighted by molar-refractivity contribution is 0.544. The number of rotatable bonds is 4. The number of hydrogen-bond acceptors (Lipinski definition) is 4. The van der Waals surface area contributed by atoms with Crippen LogP contribution < -0.4 is 5.56 Å². The van der Waals surface area contributed by atoms with Crippen molar-refractivity contribution < 1.29 is 0 Å². The molecule has 0 atom stereocenters. The quantitative estimate of drug-likeness (QED) is 0.782. The topological polar surface area (TPSA) is 65.6 Å². The molecule has 0 fully saturated rings. The van der Waals surface area contributed by atoms with E-state index in [0.717, 1.165) is 18.8 Å². The van der Waals surface area contributed by atoms with Crippen LogP contribution in [0.15, 0.2) is 17.2 Å². The van der Waals surface area contributed by atoms with Gasteiger partial charge in [0.1, 0.15) is 23.1 Å². The summed E-state index contributed by atoms with van der Waals surface area (Å²) in [5.41, 5.74) is -0.182. The molecule has 0 radical (unpaired) electrons. The van der Waals surface area contributed by atoms with E-state index >= 15 is 0 Å². The summed E-state index contributed by atoms with van der Waals surface area (Å²) < 4.78 is 3.32. The molecule has 0 bridgehead atoms. The Labute approximate surface area is 109 Å². The first-order chi connectivity index (χ1) is 8.61. The second-order valence-electron chi connectivity index (χ2n) is 3.95. The van der Waals surface area contributed by atoms with Gasteiger partial charge in [-0.05, 0) is 13.3 Å². The van der Waals surface area contributed by atoms with E-state index in [4.69, 9.17) is 11.6 Å². The monoisotopic (exact) mass is 267 g/mol. The van der Waals surface area contributed by atoms with E-state index in [1.165, 1.54) is 17.0 Å². The highest BCUT2D eigenvalue weighted by molar-refractivity contribution is 6.29. The molecule has 7 heteroatoms. The average Bonchev–Trinajstić information content (AvgIpc) is 2.71. The molecule has 0 amide bonds. The fraction of sp³-hybridized carbons (Fsp3) is 0.455. The van der Waals surface area contributed by atoms with Crippen molar-refractivity contribution in [3.8, 4) is 0 Å². The van der Waals surface area contributed by atoms with Gasteiger partial charge < -0.3 is 0 Å². The highest BCUT2D eigenvalue weighted by atomic mass is 35.5. The molecule has 96 valence electrons. The summed E-state index contributed by atoms with van der Waals surface area (Å²) in [6, 6.07) is 1.30. The zero-order chi connectivity index (χ0) is 13.1. The van der Waals surface area contributed by atoms with Gasteiger partial charge >= 0.3 is 0 Å². The molecule has 0 unspecified atom stereocenters. The number of nitrogens with zero attached hydrogens (tertiary/aromatic N) is 5. The van der Waals surface area contributed by atoms with Gasteiger partial charge in [0, 0.05) is 12.6 Å². The van der Waals surface area contributed by atoms with Crippen LogP contribution in [0.25, 0.3) is 0 Å². The number of aromatic nitrogens is 5. The normalized spacial score (nSPS) is 10.8. The SMILES string of the molecule is CCCn1ncnc1Cn1c(C)nc(Cl)cc1=O. The largest absolute Gasteiger partial charge is 0.289 e. The second kappa shape index (κ2) is 5.30. The van der Waals surface area contributed by atoms with Gasteiger partial charge in [0.2, 0.25) is 0 Å². The van der Waals surface area contributed by atoms with Gasteiger partial charge in [-0.25, -0.2) is 14.6 Å². The van der Waals surface area contributed by atoms with Crippen molar-refractivity contribution in [1.82, 2.24) is 24.3 Å². The van der Waals surface area contributed by atoms with Crippen LogP contribution in [0.5, 0.6) is 0 Å². The lowest BCUT2D eigenvalue weighted by atomic mass is 10.4. The van der Waals surface area contributed by atoms with Crippen molar-refractivity contribution >= 4 is 11.6 Å². The van der Waals surface area contributed by atoms with E-state index in [0.29, 0.717) is 12.4 Å². The maximum Gasteiger partial charge on any atom is 0.255 e. The Hall–Kier alpha value is -1.69. The highest BCUT2D eigenvalue weighted by Crippen LogP contribution is 2.04. The zero-order valence-corrected chi connectivity index (χ0v) is 11.1. The molecule has 0 aliphatic rings. The lowest BCUT2D eigenvalue weighted by Gasteiger charge is -2.09. The molecule has 6 nitrogen and oxygen atoms in total.